The number of hydrogen-bond acceptors (Lipinski definition) is 3. The van der Waals surface area contributed by atoms with E-state index >= 15 is 0 Å². The first-order valence-corrected chi connectivity index (χ1v) is 7.18. The lowest BCUT2D eigenvalue weighted by Gasteiger charge is -2.23. The van der Waals surface area contributed by atoms with Crippen LogP contribution in [0.1, 0.15) is 20.3 Å². The third kappa shape index (κ3) is 5.39. The number of benzene rings is 1. The summed E-state index contributed by atoms with van der Waals surface area (Å²) in [6, 6.07) is 7.11. The molecule has 2 N–H and O–H groups in total. The van der Waals surface area contributed by atoms with Crippen molar-refractivity contribution in [2.75, 3.05) is 20.2 Å². The molecule has 2 unspecified atom stereocenters. The van der Waals surface area contributed by atoms with Gasteiger partial charge in [0.1, 0.15) is 5.75 Å². The second-order valence-electron chi connectivity index (χ2n) is 5.06. The number of rotatable bonds is 7. The molecule has 0 radical (unpaired) electrons. The molecule has 4 nitrogen and oxygen atoms in total. The van der Waals surface area contributed by atoms with E-state index in [-0.39, 0.29) is 17.9 Å². The maximum atomic E-state index is 12.0. The Balaban J connectivity index is 2.27. The molecule has 0 saturated heterocycles. The standard InChI is InChI=1S/C15H23ClN2O2/c1-11(12(2)17)15(19)18(3)9-4-10-20-14-7-5-13(16)6-8-14/h5-8,11-12H,4,9-10,17H2,1-3H3. The molecule has 1 rings (SSSR count). The van der Waals surface area contributed by atoms with Gasteiger partial charge in [-0.05, 0) is 37.6 Å². The van der Waals surface area contributed by atoms with E-state index in [0.29, 0.717) is 18.2 Å². The molecule has 20 heavy (non-hydrogen) atoms. The minimum Gasteiger partial charge on any atom is -0.494 e. The lowest BCUT2D eigenvalue weighted by Crippen LogP contribution is -2.40. The largest absolute Gasteiger partial charge is 0.494 e. The molecule has 0 spiro atoms. The van der Waals surface area contributed by atoms with Crippen LogP contribution in [-0.2, 0) is 4.79 Å². The zero-order valence-corrected chi connectivity index (χ0v) is 13.1. The van der Waals surface area contributed by atoms with Gasteiger partial charge >= 0.3 is 0 Å². The van der Waals surface area contributed by atoms with E-state index in [1.807, 2.05) is 26.0 Å². The number of nitrogens with two attached hydrogens (primary N) is 1. The van der Waals surface area contributed by atoms with E-state index in [1.165, 1.54) is 0 Å². The summed E-state index contributed by atoms with van der Waals surface area (Å²) in [5, 5.41) is 0.688. The van der Waals surface area contributed by atoms with Crippen molar-refractivity contribution in [3.8, 4) is 5.75 Å². The topological polar surface area (TPSA) is 55.6 Å². The fourth-order valence-corrected chi connectivity index (χ4v) is 1.83. The van der Waals surface area contributed by atoms with Crippen LogP contribution in [0.5, 0.6) is 5.75 Å². The highest BCUT2D eigenvalue weighted by atomic mass is 35.5. The van der Waals surface area contributed by atoms with Gasteiger partial charge in [-0.25, -0.2) is 0 Å². The van der Waals surface area contributed by atoms with E-state index in [0.717, 1.165) is 12.2 Å². The van der Waals surface area contributed by atoms with Gasteiger partial charge in [0, 0.05) is 24.7 Å². The molecule has 0 bridgehead atoms. The van der Waals surface area contributed by atoms with Crippen molar-refractivity contribution >= 4 is 17.5 Å². The molecule has 0 aliphatic carbocycles. The lowest BCUT2D eigenvalue weighted by atomic mass is 10.0. The van der Waals surface area contributed by atoms with Crippen molar-refractivity contribution in [2.45, 2.75) is 26.3 Å². The maximum absolute atomic E-state index is 12.0. The number of nitrogens with zero attached hydrogens (tertiary/aromatic N) is 1. The van der Waals surface area contributed by atoms with Crippen LogP contribution in [0, 0.1) is 5.92 Å². The van der Waals surface area contributed by atoms with Gasteiger partial charge in [-0.15, -0.1) is 0 Å². The second-order valence-corrected chi connectivity index (χ2v) is 5.50. The molecule has 1 amide bonds. The van der Waals surface area contributed by atoms with Crippen molar-refractivity contribution in [1.82, 2.24) is 4.90 Å². The van der Waals surface area contributed by atoms with Crippen LogP contribution in [0.15, 0.2) is 24.3 Å². The summed E-state index contributed by atoms with van der Waals surface area (Å²) in [7, 11) is 1.80. The Morgan fingerprint density at radius 1 is 1.35 bits per heavy atom. The summed E-state index contributed by atoms with van der Waals surface area (Å²) in [6.07, 6.45) is 0.774. The van der Waals surface area contributed by atoms with Gasteiger partial charge in [0.05, 0.1) is 12.5 Å². The summed E-state index contributed by atoms with van der Waals surface area (Å²) in [4.78, 5) is 13.7. The number of hydrogen-bond donors (Lipinski definition) is 1. The summed E-state index contributed by atoms with van der Waals surface area (Å²) in [5.74, 6) is 0.705. The minimum absolute atomic E-state index is 0.0755. The second kappa shape index (κ2) is 8.12. The molecule has 2 atom stereocenters. The summed E-state index contributed by atoms with van der Waals surface area (Å²) in [5.41, 5.74) is 5.73. The van der Waals surface area contributed by atoms with Crippen LogP contribution in [0.25, 0.3) is 0 Å². The fourth-order valence-electron chi connectivity index (χ4n) is 1.71. The Morgan fingerprint density at radius 2 is 1.95 bits per heavy atom. The average Bonchev–Trinajstić information content (AvgIpc) is 2.43. The van der Waals surface area contributed by atoms with Crippen molar-refractivity contribution in [1.29, 1.82) is 0 Å². The summed E-state index contributed by atoms with van der Waals surface area (Å²) in [6.45, 7) is 4.92. The molecule has 112 valence electrons. The van der Waals surface area contributed by atoms with Gasteiger partial charge in [-0.2, -0.15) is 0 Å². The average molecular weight is 299 g/mol. The Bertz CT molecular complexity index is 420. The molecule has 0 aliphatic heterocycles. The number of halogens is 1. The Kier molecular flexibility index (Phi) is 6.82. The smallest absolute Gasteiger partial charge is 0.226 e. The molecule has 1 aromatic rings. The Morgan fingerprint density at radius 3 is 2.50 bits per heavy atom. The molecule has 5 heteroatoms. The number of carbonyl (C=O) groups excluding carboxylic acids is 1. The highest BCUT2D eigenvalue weighted by Crippen LogP contribution is 2.15. The molecule has 1 aromatic carbocycles. The first-order chi connectivity index (χ1) is 9.41. The first kappa shape index (κ1) is 16.8. The molecular formula is C15H23ClN2O2. The van der Waals surface area contributed by atoms with E-state index in [9.17, 15) is 4.79 Å². The van der Waals surface area contributed by atoms with Crippen LogP contribution in [0.2, 0.25) is 5.02 Å². The predicted molar refractivity (Wildman–Crippen MR) is 82.0 cm³/mol. The van der Waals surface area contributed by atoms with Crippen molar-refractivity contribution in [3.05, 3.63) is 29.3 Å². The van der Waals surface area contributed by atoms with Gasteiger partial charge in [-0.3, -0.25) is 4.79 Å². The summed E-state index contributed by atoms with van der Waals surface area (Å²) >= 11 is 5.79. The minimum atomic E-state index is -0.155. The van der Waals surface area contributed by atoms with Crippen LogP contribution < -0.4 is 10.5 Å². The monoisotopic (exact) mass is 298 g/mol. The highest BCUT2D eigenvalue weighted by molar-refractivity contribution is 6.30. The van der Waals surface area contributed by atoms with Crippen LogP contribution in [-0.4, -0.2) is 37.0 Å². The Labute approximate surface area is 125 Å². The van der Waals surface area contributed by atoms with Crippen LogP contribution >= 0.6 is 11.6 Å². The number of carbonyl (C=O) groups is 1. The van der Waals surface area contributed by atoms with Crippen molar-refractivity contribution in [2.24, 2.45) is 11.7 Å². The van der Waals surface area contributed by atoms with Crippen LogP contribution in [0.4, 0.5) is 0 Å². The normalized spacial score (nSPS) is 13.7. The molecule has 0 fully saturated rings. The predicted octanol–water partition coefficient (Wildman–Crippen LogP) is 2.55. The lowest BCUT2D eigenvalue weighted by molar-refractivity contribution is -0.134. The van der Waals surface area contributed by atoms with Crippen molar-refractivity contribution < 1.29 is 9.53 Å². The van der Waals surface area contributed by atoms with E-state index in [4.69, 9.17) is 22.1 Å². The zero-order valence-electron chi connectivity index (χ0n) is 12.3. The van der Waals surface area contributed by atoms with Gasteiger partial charge in [-0.1, -0.05) is 18.5 Å². The third-order valence-electron chi connectivity index (χ3n) is 3.27. The maximum Gasteiger partial charge on any atom is 0.226 e. The molecular weight excluding hydrogens is 276 g/mol. The fraction of sp³-hybridized carbons (Fsp3) is 0.533. The van der Waals surface area contributed by atoms with Crippen molar-refractivity contribution in [3.63, 3.8) is 0 Å². The quantitative estimate of drug-likeness (QED) is 0.787. The van der Waals surface area contributed by atoms with E-state index in [1.54, 1.807) is 24.1 Å². The van der Waals surface area contributed by atoms with Gasteiger partial charge < -0.3 is 15.4 Å². The zero-order chi connectivity index (χ0) is 15.1. The van der Waals surface area contributed by atoms with E-state index < -0.39 is 0 Å². The molecule has 0 saturated carbocycles. The molecule has 0 aromatic heterocycles. The summed E-state index contributed by atoms with van der Waals surface area (Å²) < 4.78 is 5.58. The SMILES string of the molecule is CC(N)C(C)C(=O)N(C)CCCOc1ccc(Cl)cc1. The van der Waals surface area contributed by atoms with Gasteiger partial charge in [0.2, 0.25) is 5.91 Å². The first-order valence-electron chi connectivity index (χ1n) is 6.80. The number of amides is 1. The third-order valence-corrected chi connectivity index (χ3v) is 3.53. The molecule has 0 heterocycles. The van der Waals surface area contributed by atoms with E-state index in [2.05, 4.69) is 0 Å². The van der Waals surface area contributed by atoms with Gasteiger partial charge in [0.15, 0.2) is 0 Å². The van der Waals surface area contributed by atoms with Gasteiger partial charge in [0.25, 0.3) is 0 Å². The highest BCUT2D eigenvalue weighted by Gasteiger charge is 2.20. The number of ether oxygens (including phenoxy) is 1. The Hall–Kier alpha value is -1.26. The molecule has 0 aliphatic rings. The van der Waals surface area contributed by atoms with Crippen LogP contribution in [0.3, 0.4) is 0 Å².